The molecule has 1 atom stereocenters. The van der Waals surface area contributed by atoms with Crippen molar-refractivity contribution in [1.29, 1.82) is 0 Å². The van der Waals surface area contributed by atoms with Crippen molar-refractivity contribution in [3.05, 3.63) is 17.1 Å². The van der Waals surface area contributed by atoms with Gasteiger partial charge in [-0.2, -0.15) is 0 Å². The van der Waals surface area contributed by atoms with Crippen molar-refractivity contribution in [3.8, 4) is 0 Å². The molecule has 3 nitrogen and oxygen atoms in total. The number of fused-ring (bicyclic) bond motifs is 1. The summed E-state index contributed by atoms with van der Waals surface area (Å²) in [6.45, 7) is 5.46. The predicted molar refractivity (Wildman–Crippen MR) is 88.7 cm³/mol. The summed E-state index contributed by atoms with van der Waals surface area (Å²) in [5, 5.41) is 1.11. The molecule has 4 heteroatoms. The molecule has 1 aliphatic heterocycles. The van der Waals surface area contributed by atoms with Gasteiger partial charge in [0.15, 0.2) is 0 Å². The van der Waals surface area contributed by atoms with E-state index in [0.29, 0.717) is 6.04 Å². The summed E-state index contributed by atoms with van der Waals surface area (Å²) in [6.07, 6.45) is 6.42. The second-order valence-electron chi connectivity index (χ2n) is 5.72. The number of nitrogen functional groups attached to an aromatic ring is 1. The van der Waals surface area contributed by atoms with Crippen LogP contribution in [-0.4, -0.2) is 17.6 Å². The Labute approximate surface area is 124 Å². The molecule has 3 rings (SSSR count). The molecule has 2 heterocycles. The molecule has 0 bridgehead atoms. The highest BCUT2D eigenvalue weighted by molar-refractivity contribution is 7.18. The maximum absolute atomic E-state index is 6.33. The molecular weight excluding hydrogens is 266 g/mol. The Balaban J connectivity index is 2.04. The van der Waals surface area contributed by atoms with Gasteiger partial charge in [0.1, 0.15) is 0 Å². The molecule has 1 saturated heterocycles. The number of rotatable bonds is 2. The molecule has 20 heavy (non-hydrogen) atoms. The molecule has 1 aromatic heterocycles. The molecule has 2 aromatic rings. The minimum absolute atomic E-state index is 0.622. The van der Waals surface area contributed by atoms with Gasteiger partial charge in [0.2, 0.25) is 0 Å². The fourth-order valence-electron chi connectivity index (χ4n) is 3.26. The molecule has 0 aliphatic carbocycles. The third-order valence-electron chi connectivity index (χ3n) is 4.30. The van der Waals surface area contributed by atoms with E-state index in [0.717, 1.165) is 22.8 Å². The standard InChI is InChI=1S/C16H23N3S/c1-3-12-7-5-4-6-8-19(12)15-10-14-16(9-13(15)17)20-11(2)18-14/h9-10,12H,3-8,17H2,1-2H3. The van der Waals surface area contributed by atoms with Crippen LogP contribution in [0.5, 0.6) is 0 Å². The van der Waals surface area contributed by atoms with E-state index in [-0.39, 0.29) is 0 Å². The molecular formula is C16H23N3S. The third-order valence-corrected chi connectivity index (χ3v) is 5.24. The SMILES string of the molecule is CCC1CCCCCN1c1cc2nc(C)sc2cc1N. The molecule has 0 radical (unpaired) electrons. The zero-order valence-electron chi connectivity index (χ0n) is 12.4. The van der Waals surface area contributed by atoms with Crippen molar-refractivity contribution in [2.75, 3.05) is 17.2 Å². The van der Waals surface area contributed by atoms with Gasteiger partial charge in [-0.1, -0.05) is 19.8 Å². The summed E-state index contributed by atoms with van der Waals surface area (Å²) in [5.41, 5.74) is 9.52. The Morgan fingerprint density at radius 3 is 3.00 bits per heavy atom. The van der Waals surface area contributed by atoms with E-state index in [2.05, 4.69) is 35.9 Å². The van der Waals surface area contributed by atoms with Crippen molar-refractivity contribution < 1.29 is 0 Å². The van der Waals surface area contributed by atoms with Crippen LogP contribution < -0.4 is 10.6 Å². The second kappa shape index (κ2) is 5.60. The smallest absolute Gasteiger partial charge is 0.0907 e. The number of nitrogens with zero attached hydrogens (tertiary/aromatic N) is 2. The minimum atomic E-state index is 0.622. The average Bonchev–Trinajstić information content (AvgIpc) is 2.64. The zero-order valence-corrected chi connectivity index (χ0v) is 13.2. The Morgan fingerprint density at radius 1 is 1.35 bits per heavy atom. The van der Waals surface area contributed by atoms with Gasteiger partial charge in [0, 0.05) is 12.6 Å². The lowest BCUT2D eigenvalue weighted by atomic mass is 10.1. The van der Waals surface area contributed by atoms with Gasteiger partial charge < -0.3 is 10.6 Å². The van der Waals surface area contributed by atoms with E-state index in [1.54, 1.807) is 11.3 Å². The zero-order chi connectivity index (χ0) is 14.1. The van der Waals surface area contributed by atoms with Gasteiger partial charge in [0.25, 0.3) is 0 Å². The van der Waals surface area contributed by atoms with Crippen LogP contribution in [0, 0.1) is 6.92 Å². The molecule has 0 amide bonds. The summed E-state index contributed by atoms with van der Waals surface area (Å²) in [7, 11) is 0. The normalized spacial score (nSPS) is 20.3. The Hall–Kier alpha value is -1.29. The first kappa shape index (κ1) is 13.7. The van der Waals surface area contributed by atoms with Crippen LogP contribution in [0.15, 0.2) is 12.1 Å². The summed E-state index contributed by atoms with van der Waals surface area (Å²) in [6, 6.07) is 4.92. The molecule has 108 valence electrons. The van der Waals surface area contributed by atoms with Crippen molar-refractivity contribution in [3.63, 3.8) is 0 Å². The fraction of sp³-hybridized carbons (Fsp3) is 0.562. The van der Waals surface area contributed by atoms with Crippen LogP contribution in [0.25, 0.3) is 10.2 Å². The largest absolute Gasteiger partial charge is 0.397 e. The third kappa shape index (κ3) is 2.49. The topological polar surface area (TPSA) is 42.2 Å². The van der Waals surface area contributed by atoms with Crippen LogP contribution >= 0.6 is 11.3 Å². The lowest BCUT2D eigenvalue weighted by molar-refractivity contribution is 0.557. The minimum Gasteiger partial charge on any atom is -0.397 e. The van der Waals surface area contributed by atoms with Crippen LogP contribution in [0.3, 0.4) is 0 Å². The van der Waals surface area contributed by atoms with Crippen LogP contribution in [0.2, 0.25) is 0 Å². The number of aryl methyl sites for hydroxylation is 1. The van der Waals surface area contributed by atoms with Crippen molar-refractivity contribution >= 4 is 32.9 Å². The van der Waals surface area contributed by atoms with Crippen LogP contribution in [0.4, 0.5) is 11.4 Å². The van der Waals surface area contributed by atoms with Gasteiger partial charge in [-0.05, 0) is 38.3 Å². The highest BCUT2D eigenvalue weighted by atomic mass is 32.1. The van der Waals surface area contributed by atoms with Gasteiger partial charge >= 0.3 is 0 Å². The van der Waals surface area contributed by atoms with E-state index < -0.39 is 0 Å². The number of benzene rings is 1. The van der Waals surface area contributed by atoms with E-state index in [1.807, 2.05) is 0 Å². The van der Waals surface area contributed by atoms with Crippen molar-refractivity contribution in [1.82, 2.24) is 4.98 Å². The highest BCUT2D eigenvalue weighted by Gasteiger charge is 2.22. The highest BCUT2D eigenvalue weighted by Crippen LogP contribution is 2.35. The van der Waals surface area contributed by atoms with E-state index in [9.17, 15) is 0 Å². The number of hydrogen-bond donors (Lipinski definition) is 1. The first-order valence-corrected chi connectivity index (χ1v) is 8.44. The number of nitrogens with two attached hydrogens (primary N) is 1. The van der Waals surface area contributed by atoms with Gasteiger partial charge in [-0.3, -0.25) is 0 Å². The molecule has 2 N–H and O–H groups in total. The Bertz CT molecular complexity index is 605. The summed E-state index contributed by atoms with van der Waals surface area (Å²) >= 11 is 1.72. The molecule has 0 saturated carbocycles. The number of aromatic nitrogens is 1. The van der Waals surface area contributed by atoms with Crippen LogP contribution in [-0.2, 0) is 0 Å². The number of hydrogen-bond acceptors (Lipinski definition) is 4. The summed E-state index contributed by atoms with van der Waals surface area (Å²) < 4.78 is 1.20. The molecule has 1 fully saturated rings. The van der Waals surface area contributed by atoms with Gasteiger partial charge in [-0.15, -0.1) is 11.3 Å². The molecule has 0 spiro atoms. The van der Waals surface area contributed by atoms with Gasteiger partial charge in [0.05, 0.1) is 26.6 Å². The molecule has 1 unspecified atom stereocenters. The lowest BCUT2D eigenvalue weighted by Gasteiger charge is -2.32. The summed E-state index contributed by atoms with van der Waals surface area (Å²) in [5.74, 6) is 0. The van der Waals surface area contributed by atoms with E-state index in [4.69, 9.17) is 5.73 Å². The van der Waals surface area contributed by atoms with Crippen molar-refractivity contribution in [2.24, 2.45) is 0 Å². The first-order valence-electron chi connectivity index (χ1n) is 7.62. The van der Waals surface area contributed by atoms with E-state index in [1.165, 1.54) is 42.5 Å². The quantitative estimate of drug-likeness (QED) is 0.836. The fourth-order valence-corrected chi connectivity index (χ4v) is 4.12. The molecule has 1 aromatic carbocycles. The number of anilines is 2. The number of thiazole rings is 1. The Kier molecular flexibility index (Phi) is 3.83. The van der Waals surface area contributed by atoms with E-state index >= 15 is 0 Å². The summed E-state index contributed by atoms with van der Waals surface area (Å²) in [4.78, 5) is 7.14. The monoisotopic (exact) mass is 289 g/mol. The lowest BCUT2D eigenvalue weighted by Crippen LogP contribution is -2.34. The Morgan fingerprint density at radius 2 is 2.20 bits per heavy atom. The maximum atomic E-state index is 6.33. The van der Waals surface area contributed by atoms with Crippen LogP contribution in [0.1, 0.15) is 44.0 Å². The maximum Gasteiger partial charge on any atom is 0.0907 e. The first-order chi connectivity index (χ1) is 9.69. The van der Waals surface area contributed by atoms with Gasteiger partial charge in [-0.25, -0.2) is 4.98 Å². The van der Waals surface area contributed by atoms with Crippen molar-refractivity contribution in [2.45, 2.75) is 52.0 Å². The predicted octanol–water partition coefficient (Wildman–Crippen LogP) is 4.35. The second-order valence-corrected chi connectivity index (χ2v) is 6.95. The average molecular weight is 289 g/mol. The molecule has 1 aliphatic rings.